The Morgan fingerprint density at radius 3 is 2.33 bits per heavy atom. The molecule has 2 nitrogen and oxygen atoms in total. The van der Waals surface area contributed by atoms with Crippen molar-refractivity contribution in [3.05, 3.63) is 35.9 Å². The van der Waals surface area contributed by atoms with Crippen LogP contribution in [0.5, 0.6) is 0 Å². The number of carbonyl (C=O) groups is 1. The Morgan fingerprint density at radius 1 is 1.33 bits per heavy atom. The van der Waals surface area contributed by atoms with E-state index in [0.717, 1.165) is 5.56 Å². The van der Waals surface area contributed by atoms with Crippen molar-refractivity contribution in [1.82, 2.24) is 0 Å². The van der Waals surface area contributed by atoms with Gasteiger partial charge >= 0.3 is 5.97 Å². The third-order valence-electron chi connectivity index (χ3n) is 1.34. The maximum absolute atomic E-state index is 10.3. The summed E-state index contributed by atoms with van der Waals surface area (Å²) < 4.78 is 0.628. The molecule has 0 unspecified atom stereocenters. The summed E-state index contributed by atoms with van der Waals surface area (Å²) in [5.41, 5.74) is 0.906. The summed E-state index contributed by atoms with van der Waals surface area (Å²) in [6, 6.07) is 9.40. The molecule has 0 atom stereocenters. The van der Waals surface area contributed by atoms with Crippen LogP contribution in [0.1, 0.15) is 19.4 Å². The molecule has 1 aromatic carbocycles. The average Bonchev–Trinajstić information content (AvgIpc) is 2.30. The maximum Gasteiger partial charge on any atom is 0.313 e. The van der Waals surface area contributed by atoms with Gasteiger partial charge in [0.05, 0.1) is 9.95 Å². The second-order valence-electron chi connectivity index (χ2n) is 2.34. The number of thiocarbonyl (C=S) groups is 1. The van der Waals surface area contributed by atoms with Crippen molar-refractivity contribution in [2.24, 2.45) is 0 Å². The first kappa shape index (κ1) is 14.1. The molecule has 0 spiro atoms. The van der Waals surface area contributed by atoms with Gasteiger partial charge in [-0.25, -0.2) is 0 Å². The number of carboxylic acids is 1. The molecule has 4 heteroatoms. The Morgan fingerprint density at radius 2 is 1.87 bits per heavy atom. The molecule has 0 aliphatic carbocycles. The van der Waals surface area contributed by atoms with Crippen LogP contribution in [-0.4, -0.2) is 21.0 Å². The number of rotatable bonds is 3. The maximum atomic E-state index is 10.3. The minimum atomic E-state index is -0.844. The molecule has 0 aromatic heterocycles. The molecule has 15 heavy (non-hydrogen) atoms. The lowest BCUT2D eigenvalue weighted by molar-refractivity contribution is -0.133. The van der Waals surface area contributed by atoms with Gasteiger partial charge < -0.3 is 5.11 Å². The Labute approximate surface area is 99.7 Å². The highest BCUT2D eigenvalue weighted by molar-refractivity contribution is 8.24. The largest absolute Gasteiger partial charge is 0.481 e. The number of hydrogen-bond donors (Lipinski definition) is 1. The summed E-state index contributed by atoms with van der Waals surface area (Å²) in [7, 11) is 0. The van der Waals surface area contributed by atoms with Crippen LogP contribution >= 0.6 is 24.0 Å². The summed E-state index contributed by atoms with van der Waals surface area (Å²) in [6.45, 7) is 4.00. The van der Waals surface area contributed by atoms with Gasteiger partial charge in [-0.1, -0.05) is 56.4 Å². The predicted octanol–water partition coefficient (Wildman–Crippen LogP) is 3.21. The minimum Gasteiger partial charge on any atom is -0.481 e. The van der Waals surface area contributed by atoms with Crippen molar-refractivity contribution in [3.63, 3.8) is 0 Å². The molecule has 1 N–H and O–H groups in total. The highest BCUT2D eigenvalue weighted by atomic mass is 32.2. The third kappa shape index (κ3) is 6.25. The van der Waals surface area contributed by atoms with Crippen LogP contribution in [0, 0.1) is 0 Å². The van der Waals surface area contributed by atoms with E-state index in [1.807, 2.05) is 44.2 Å². The van der Waals surface area contributed by atoms with Crippen LogP contribution in [0.4, 0.5) is 0 Å². The van der Waals surface area contributed by atoms with Crippen LogP contribution < -0.4 is 0 Å². The quantitative estimate of drug-likeness (QED) is 0.826. The predicted molar refractivity (Wildman–Crippen MR) is 69.6 cm³/mol. The SMILES string of the molecule is CC.O=C(O)CSC(=S)c1ccccc1. The Balaban J connectivity index is 0.000000921. The molecule has 0 bridgehead atoms. The molecule has 1 aromatic rings. The Kier molecular flexibility index (Phi) is 7.95. The lowest BCUT2D eigenvalue weighted by atomic mass is 10.2. The van der Waals surface area contributed by atoms with Gasteiger partial charge in [0.15, 0.2) is 0 Å². The summed E-state index contributed by atoms with van der Waals surface area (Å²) in [4.78, 5) is 10.3. The molecule has 82 valence electrons. The average molecular weight is 242 g/mol. The lowest BCUT2D eigenvalue weighted by Gasteiger charge is -2.00. The van der Waals surface area contributed by atoms with Gasteiger partial charge in [0, 0.05) is 0 Å². The molecule has 1 rings (SSSR count). The number of benzene rings is 1. The topological polar surface area (TPSA) is 37.3 Å². The van der Waals surface area contributed by atoms with Crippen LogP contribution in [0.25, 0.3) is 0 Å². The van der Waals surface area contributed by atoms with Gasteiger partial charge in [-0.05, 0) is 5.56 Å². The van der Waals surface area contributed by atoms with E-state index in [-0.39, 0.29) is 5.75 Å². The van der Waals surface area contributed by atoms with Crippen molar-refractivity contribution in [3.8, 4) is 0 Å². The molecule has 0 radical (unpaired) electrons. The van der Waals surface area contributed by atoms with Crippen LogP contribution in [0.15, 0.2) is 30.3 Å². The van der Waals surface area contributed by atoms with E-state index in [4.69, 9.17) is 17.3 Å². The van der Waals surface area contributed by atoms with E-state index in [1.165, 1.54) is 11.8 Å². The van der Waals surface area contributed by atoms with Crippen molar-refractivity contribution >= 4 is 34.1 Å². The number of thioether (sulfide) groups is 1. The van der Waals surface area contributed by atoms with Crippen molar-refractivity contribution in [1.29, 1.82) is 0 Å². The summed E-state index contributed by atoms with van der Waals surface area (Å²) in [6.07, 6.45) is 0. The molecule has 0 heterocycles. The fourth-order valence-electron chi connectivity index (χ4n) is 0.785. The van der Waals surface area contributed by atoms with Gasteiger partial charge in [-0.15, -0.1) is 11.8 Å². The zero-order valence-corrected chi connectivity index (χ0v) is 10.4. The molecule has 0 fully saturated rings. The highest BCUT2D eigenvalue weighted by Crippen LogP contribution is 2.13. The fourth-order valence-corrected chi connectivity index (χ4v) is 1.66. The van der Waals surface area contributed by atoms with Gasteiger partial charge in [-0.3, -0.25) is 4.79 Å². The van der Waals surface area contributed by atoms with E-state index in [0.29, 0.717) is 4.20 Å². The van der Waals surface area contributed by atoms with Crippen molar-refractivity contribution < 1.29 is 9.90 Å². The lowest BCUT2D eigenvalue weighted by Crippen LogP contribution is -2.01. The van der Waals surface area contributed by atoms with Crippen LogP contribution in [0.3, 0.4) is 0 Å². The molecule has 0 amide bonds. The molecular formula is C11H14O2S2. The fraction of sp³-hybridized carbons (Fsp3) is 0.273. The Hall–Kier alpha value is -0.870. The van der Waals surface area contributed by atoms with Crippen LogP contribution in [0.2, 0.25) is 0 Å². The smallest absolute Gasteiger partial charge is 0.313 e. The first-order valence-corrected chi connectivity index (χ1v) is 6.03. The van der Waals surface area contributed by atoms with E-state index in [9.17, 15) is 4.79 Å². The van der Waals surface area contributed by atoms with Gasteiger partial charge in [0.2, 0.25) is 0 Å². The second-order valence-corrected chi connectivity index (χ2v) is 3.99. The van der Waals surface area contributed by atoms with E-state index >= 15 is 0 Å². The van der Waals surface area contributed by atoms with Crippen molar-refractivity contribution in [2.45, 2.75) is 13.8 Å². The number of hydrogen-bond acceptors (Lipinski definition) is 3. The summed E-state index contributed by atoms with van der Waals surface area (Å²) >= 11 is 6.21. The number of aliphatic carboxylic acids is 1. The van der Waals surface area contributed by atoms with Crippen molar-refractivity contribution in [2.75, 3.05) is 5.75 Å². The highest BCUT2D eigenvalue weighted by Gasteiger charge is 2.03. The van der Waals surface area contributed by atoms with Crippen LogP contribution in [-0.2, 0) is 4.79 Å². The monoisotopic (exact) mass is 242 g/mol. The first-order chi connectivity index (χ1) is 7.20. The van der Waals surface area contributed by atoms with E-state index in [2.05, 4.69) is 0 Å². The molecule has 0 aliphatic rings. The molecule has 0 saturated carbocycles. The van der Waals surface area contributed by atoms with Gasteiger partial charge in [0.1, 0.15) is 0 Å². The molecule has 0 aliphatic heterocycles. The Bertz CT molecular complexity index is 310. The van der Waals surface area contributed by atoms with Gasteiger partial charge in [-0.2, -0.15) is 0 Å². The minimum absolute atomic E-state index is 0.0216. The molecular weight excluding hydrogens is 228 g/mol. The van der Waals surface area contributed by atoms with E-state index in [1.54, 1.807) is 0 Å². The van der Waals surface area contributed by atoms with Gasteiger partial charge in [0.25, 0.3) is 0 Å². The number of carboxylic acid groups (broad SMARTS) is 1. The summed E-state index contributed by atoms with van der Waals surface area (Å²) in [5.74, 6) is -0.823. The zero-order chi connectivity index (χ0) is 11.7. The standard InChI is InChI=1S/C9H8O2S2.C2H6/c10-8(11)6-13-9(12)7-4-2-1-3-5-7;1-2/h1-5H,6H2,(H,10,11);1-2H3. The third-order valence-corrected chi connectivity index (χ3v) is 2.81. The second kappa shape index (κ2) is 8.44. The first-order valence-electron chi connectivity index (χ1n) is 4.64. The zero-order valence-electron chi connectivity index (χ0n) is 8.77. The molecule has 0 saturated heterocycles. The van der Waals surface area contributed by atoms with E-state index < -0.39 is 5.97 Å². The normalized spacial score (nSPS) is 8.67. The summed E-state index contributed by atoms with van der Waals surface area (Å²) in [5, 5.41) is 8.43.